The lowest BCUT2D eigenvalue weighted by Gasteiger charge is -2.09. The van der Waals surface area contributed by atoms with Crippen LogP contribution < -0.4 is 4.74 Å². The molecule has 2 rings (SSSR count). The molecular formula is C15H10FN3O. The minimum absolute atomic E-state index is 0.0637. The van der Waals surface area contributed by atoms with Gasteiger partial charge < -0.3 is 4.74 Å². The quantitative estimate of drug-likeness (QED) is 0.836. The molecule has 0 aliphatic heterocycles. The van der Waals surface area contributed by atoms with Crippen molar-refractivity contribution in [1.29, 1.82) is 10.5 Å². The standard InChI is InChI=1S/C15H10FN3O/c1-9-5-10(2)19-15(13(9)8-18)20-12-4-3-11(7-17)14(16)6-12/h3-6H,1-2H3. The highest BCUT2D eigenvalue weighted by Gasteiger charge is 2.12. The normalized spacial score (nSPS) is 9.65. The monoisotopic (exact) mass is 267 g/mol. The lowest BCUT2D eigenvalue weighted by molar-refractivity contribution is 0.454. The molecule has 0 radical (unpaired) electrons. The molecule has 0 spiro atoms. The summed E-state index contributed by atoms with van der Waals surface area (Å²) in [6.45, 7) is 3.56. The molecule has 0 amide bonds. The first kappa shape index (κ1) is 13.5. The molecule has 20 heavy (non-hydrogen) atoms. The van der Waals surface area contributed by atoms with Crippen molar-refractivity contribution in [3.8, 4) is 23.8 Å². The first-order valence-electron chi connectivity index (χ1n) is 5.81. The smallest absolute Gasteiger partial charge is 0.237 e. The van der Waals surface area contributed by atoms with Crippen LogP contribution in [0.25, 0.3) is 0 Å². The zero-order valence-electron chi connectivity index (χ0n) is 10.9. The number of aromatic nitrogens is 1. The molecule has 0 bridgehead atoms. The second-order valence-corrected chi connectivity index (χ2v) is 4.23. The number of nitrogens with zero attached hydrogens (tertiary/aromatic N) is 3. The lowest BCUT2D eigenvalue weighted by Crippen LogP contribution is -1.97. The van der Waals surface area contributed by atoms with Crippen LogP contribution in [-0.2, 0) is 0 Å². The zero-order chi connectivity index (χ0) is 14.7. The van der Waals surface area contributed by atoms with Crippen LogP contribution in [0.2, 0.25) is 0 Å². The fraction of sp³-hybridized carbons (Fsp3) is 0.133. The number of ether oxygens (including phenoxy) is 1. The summed E-state index contributed by atoms with van der Waals surface area (Å²) in [6.07, 6.45) is 0. The minimum atomic E-state index is -0.673. The third-order valence-electron chi connectivity index (χ3n) is 2.70. The van der Waals surface area contributed by atoms with E-state index >= 15 is 0 Å². The van der Waals surface area contributed by atoms with Crippen LogP contribution >= 0.6 is 0 Å². The van der Waals surface area contributed by atoms with Gasteiger partial charge in [0.05, 0.1) is 5.56 Å². The Morgan fingerprint density at radius 3 is 2.50 bits per heavy atom. The molecule has 0 aliphatic carbocycles. The highest BCUT2D eigenvalue weighted by atomic mass is 19.1. The van der Waals surface area contributed by atoms with Crippen molar-refractivity contribution < 1.29 is 9.13 Å². The second kappa shape index (κ2) is 5.38. The van der Waals surface area contributed by atoms with E-state index in [1.807, 2.05) is 6.07 Å². The molecule has 0 unspecified atom stereocenters. The van der Waals surface area contributed by atoms with E-state index in [4.69, 9.17) is 15.3 Å². The molecular weight excluding hydrogens is 257 g/mol. The van der Waals surface area contributed by atoms with Gasteiger partial charge in [-0.25, -0.2) is 9.37 Å². The van der Waals surface area contributed by atoms with Crippen LogP contribution in [0.5, 0.6) is 11.6 Å². The highest BCUT2D eigenvalue weighted by Crippen LogP contribution is 2.26. The highest BCUT2D eigenvalue weighted by molar-refractivity contribution is 5.47. The summed E-state index contributed by atoms with van der Waals surface area (Å²) < 4.78 is 19.0. The summed E-state index contributed by atoms with van der Waals surface area (Å²) in [7, 11) is 0. The van der Waals surface area contributed by atoms with E-state index in [-0.39, 0.29) is 17.2 Å². The molecule has 1 heterocycles. The van der Waals surface area contributed by atoms with Gasteiger partial charge in [0.15, 0.2) is 0 Å². The Bertz CT molecular complexity index is 757. The van der Waals surface area contributed by atoms with E-state index in [0.29, 0.717) is 11.3 Å². The van der Waals surface area contributed by atoms with Crippen molar-refractivity contribution in [2.75, 3.05) is 0 Å². The first-order valence-corrected chi connectivity index (χ1v) is 5.81. The van der Waals surface area contributed by atoms with E-state index in [1.54, 1.807) is 26.0 Å². The molecule has 1 aromatic carbocycles. The van der Waals surface area contributed by atoms with Gasteiger partial charge in [0.1, 0.15) is 29.3 Å². The Morgan fingerprint density at radius 2 is 1.90 bits per heavy atom. The van der Waals surface area contributed by atoms with Crippen molar-refractivity contribution in [1.82, 2.24) is 4.98 Å². The molecule has 2 aromatic rings. The summed E-state index contributed by atoms with van der Waals surface area (Å²) in [5.74, 6) is -0.350. The maximum absolute atomic E-state index is 13.5. The molecule has 5 heteroatoms. The Kier molecular flexibility index (Phi) is 3.63. The fourth-order valence-electron chi connectivity index (χ4n) is 1.77. The number of nitriles is 2. The van der Waals surface area contributed by atoms with Crippen LogP contribution in [0.15, 0.2) is 24.3 Å². The van der Waals surface area contributed by atoms with Crippen LogP contribution in [0.4, 0.5) is 4.39 Å². The maximum Gasteiger partial charge on any atom is 0.237 e. The van der Waals surface area contributed by atoms with Gasteiger partial charge in [-0.15, -0.1) is 0 Å². The average Bonchev–Trinajstić information content (AvgIpc) is 2.38. The topological polar surface area (TPSA) is 69.7 Å². The number of halogens is 1. The Balaban J connectivity index is 2.43. The molecule has 0 saturated carbocycles. The van der Waals surface area contributed by atoms with E-state index in [9.17, 15) is 4.39 Å². The van der Waals surface area contributed by atoms with Crippen LogP contribution in [0, 0.1) is 42.3 Å². The Hall–Kier alpha value is -2.92. The minimum Gasteiger partial charge on any atom is -0.438 e. The Labute approximate surface area is 115 Å². The molecule has 4 nitrogen and oxygen atoms in total. The average molecular weight is 267 g/mol. The SMILES string of the molecule is Cc1cc(C)c(C#N)c(Oc2ccc(C#N)c(F)c2)n1. The largest absolute Gasteiger partial charge is 0.438 e. The summed E-state index contributed by atoms with van der Waals surface area (Å²) >= 11 is 0. The van der Waals surface area contributed by atoms with Gasteiger partial charge in [-0.3, -0.25) is 0 Å². The number of hydrogen-bond donors (Lipinski definition) is 0. The van der Waals surface area contributed by atoms with Gasteiger partial charge in [0, 0.05) is 11.8 Å². The molecule has 0 aliphatic rings. The summed E-state index contributed by atoms with van der Waals surface area (Å²) in [6, 6.07) is 9.39. The van der Waals surface area contributed by atoms with Crippen molar-refractivity contribution in [2.45, 2.75) is 13.8 Å². The van der Waals surface area contributed by atoms with E-state index < -0.39 is 5.82 Å². The van der Waals surface area contributed by atoms with Gasteiger partial charge in [0.25, 0.3) is 0 Å². The second-order valence-electron chi connectivity index (χ2n) is 4.23. The summed E-state index contributed by atoms with van der Waals surface area (Å²) in [5.41, 5.74) is 1.68. The van der Waals surface area contributed by atoms with Gasteiger partial charge >= 0.3 is 0 Å². The fourth-order valence-corrected chi connectivity index (χ4v) is 1.77. The predicted molar refractivity (Wildman–Crippen MR) is 69.6 cm³/mol. The van der Waals surface area contributed by atoms with Crippen molar-refractivity contribution in [3.63, 3.8) is 0 Å². The number of rotatable bonds is 2. The number of hydrogen-bond acceptors (Lipinski definition) is 4. The molecule has 0 fully saturated rings. The van der Waals surface area contributed by atoms with E-state index in [2.05, 4.69) is 4.98 Å². The van der Waals surface area contributed by atoms with Crippen molar-refractivity contribution >= 4 is 0 Å². The molecule has 98 valence electrons. The lowest BCUT2D eigenvalue weighted by atomic mass is 10.1. The van der Waals surface area contributed by atoms with Crippen LogP contribution in [-0.4, -0.2) is 4.98 Å². The van der Waals surface area contributed by atoms with Gasteiger partial charge in [0.2, 0.25) is 5.88 Å². The van der Waals surface area contributed by atoms with Crippen LogP contribution in [0.1, 0.15) is 22.4 Å². The third kappa shape index (κ3) is 2.57. The van der Waals surface area contributed by atoms with Gasteiger partial charge in [-0.1, -0.05) is 0 Å². The molecule has 1 aromatic heterocycles. The van der Waals surface area contributed by atoms with Crippen molar-refractivity contribution in [2.24, 2.45) is 0 Å². The molecule has 0 atom stereocenters. The number of benzene rings is 1. The molecule has 0 N–H and O–H groups in total. The third-order valence-corrected chi connectivity index (χ3v) is 2.70. The van der Waals surface area contributed by atoms with E-state index in [0.717, 1.165) is 11.6 Å². The zero-order valence-corrected chi connectivity index (χ0v) is 10.9. The Morgan fingerprint density at radius 1 is 1.15 bits per heavy atom. The van der Waals surface area contributed by atoms with Crippen molar-refractivity contribution in [3.05, 3.63) is 52.5 Å². The summed E-state index contributed by atoms with van der Waals surface area (Å²) in [5, 5.41) is 17.8. The van der Waals surface area contributed by atoms with Gasteiger partial charge in [-0.05, 0) is 37.6 Å². The van der Waals surface area contributed by atoms with Crippen LogP contribution in [0.3, 0.4) is 0 Å². The maximum atomic E-state index is 13.5. The van der Waals surface area contributed by atoms with Gasteiger partial charge in [-0.2, -0.15) is 10.5 Å². The number of pyridine rings is 1. The summed E-state index contributed by atoms with van der Waals surface area (Å²) in [4.78, 5) is 4.14. The number of aryl methyl sites for hydroxylation is 2. The first-order chi connectivity index (χ1) is 9.55. The van der Waals surface area contributed by atoms with E-state index in [1.165, 1.54) is 12.1 Å². The predicted octanol–water partition coefficient (Wildman–Crippen LogP) is 3.37. The molecule has 0 saturated heterocycles.